The van der Waals surface area contributed by atoms with Crippen LogP contribution in [0.4, 0.5) is 11.4 Å². The van der Waals surface area contributed by atoms with Crippen LogP contribution in [0.1, 0.15) is 44.6 Å². The van der Waals surface area contributed by atoms with Gasteiger partial charge in [-0.25, -0.2) is 0 Å². The molecular weight excluding hydrogens is 262 g/mol. The van der Waals surface area contributed by atoms with E-state index < -0.39 is 0 Å². The molecule has 0 spiro atoms. The highest BCUT2D eigenvalue weighted by Gasteiger charge is 2.17. The molecule has 4 nitrogen and oxygen atoms in total. The normalized spacial score (nSPS) is 19.4. The maximum absolute atomic E-state index is 12.0. The van der Waals surface area contributed by atoms with E-state index in [0.29, 0.717) is 12.5 Å². The number of carbonyl (C=O) groups is 1. The Balaban J connectivity index is 1.76. The van der Waals surface area contributed by atoms with Gasteiger partial charge in [0.25, 0.3) is 0 Å². The first-order valence-electron chi connectivity index (χ1n) is 7.97. The number of piperidine rings is 1. The summed E-state index contributed by atoms with van der Waals surface area (Å²) < 4.78 is 0. The highest BCUT2D eigenvalue weighted by molar-refractivity contribution is 5.92. The summed E-state index contributed by atoms with van der Waals surface area (Å²) in [6.45, 7) is 6.41. The third kappa shape index (κ3) is 4.46. The molecular formula is C17H27N3O. The molecule has 1 heterocycles. The predicted molar refractivity (Wildman–Crippen MR) is 88.3 cm³/mol. The van der Waals surface area contributed by atoms with E-state index in [0.717, 1.165) is 29.9 Å². The van der Waals surface area contributed by atoms with Gasteiger partial charge in [0, 0.05) is 23.8 Å². The predicted octanol–water partition coefficient (Wildman–Crippen LogP) is 3.17. The van der Waals surface area contributed by atoms with E-state index in [9.17, 15) is 4.79 Å². The van der Waals surface area contributed by atoms with E-state index in [1.54, 1.807) is 0 Å². The van der Waals surface area contributed by atoms with Gasteiger partial charge in [0.05, 0.1) is 0 Å². The van der Waals surface area contributed by atoms with Crippen molar-refractivity contribution in [2.24, 2.45) is 0 Å². The number of carbonyl (C=O) groups excluding carboxylic acids is 1. The second-order valence-electron chi connectivity index (χ2n) is 6.05. The van der Waals surface area contributed by atoms with Crippen LogP contribution in [-0.2, 0) is 4.79 Å². The molecule has 1 aromatic rings. The van der Waals surface area contributed by atoms with Gasteiger partial charge >= 0.3 is 0 Å². The molecule has 0 saturated carbocycles. The molecule has 1 unspecified atom stereocenters. The fraction of sp³-hybridized carbons (Fsp3) is 0.588. The smallest absolute Gasteiger partial charge is 0.224 e. The zero-order valence-electron chi connectivity index (χ0n) is 13.2. The first kappa shape index (κ1) is 15.8. The average molecular weight is 289 g/mol. The van der Waals surface area contributed by atoms with E-state index in [2.05, 4.69) is 17.1 Å². The number of nitrogens with two attached hydrogens (primary N) is 1. The van der Waals surface area contributed by atoms with Crippen LogP contribution in [0.15, 0.2) is 18.2 Å². The minimum Gasteiger partial charge on any atom is -0.398 e. The molecule has 1 aromatic carbocycles. The molecule has 1 amide bonds. The van der Waals surface area contributed by atoms with Gasteiger partial charge in [-0.15, -0.1) is 0 Å². The van der Waals surface area contributed by atoms with Crippen molar-refractivity contribution < 1.29 is 4.79 Å². The maximum atomic E-state index is 12.0. The summed E-state index contributed by atoms with van der Waals surface area (Å²) in [6.07, 6.45) is 5.40. The standard InChI is InChI=1S/C17H27N3O/c1-13-7-3-4-11-20(13)12-6-10-17(21)19-16-9-5-8-15(18)14(16)2/h5,8-9,13H,3-4,6-7,10-12,18H2,1-2H3,(H,19,21). The lowest BCUT2D eigenvalue weighted by Crippen LogP contribution is -2.38. The van der Waals surface area contributed by atoms with Crippen molar-refractivity contribution in [2.75, 3.05) is 24.1 Å². The number of benzene rings is 1. The number of nitrogens with one attached hydrogen (secondary N) is 1. The van der Waals surface area contributed by atoms with E-state index in [1.165, 1.54) is 25.8 Å². The van der Waals surface area contributed by atoms with E-state index in [4.69, 9.17) is 5.73 Å². The number of amides is 1. The molecule has 21 heavy (non-hydrogen) atoms. The number of hydrogen-bond donors (Lipinski definition) is 2. The molecule has 1 aliphatic heterocycles. The molecule has 4 heteroatoms. The van der Waals surface area contributed by atoms with E-state index in [-0.39, 0.29) is 5.91 Å². The van der Waals surface area contributed by atoms with Gasteiger partial charge in [0.1, 0.15) is 0 Å². The number of anilines is 2. The molecule has 1 saturated heterocycles. The summed E-state index contributed by atoms with van der Waals surface area (Å²) in [6, 6.07) is 6.28. The van der Waals surface area contributed by atoms with E-state index >= 15 is 0 Å². The molecule has 3 N–H and O–H groups in total. The van der Waals surface area contributed by atoms with Gasteiger partial charge in [-0.05, 0) is 63.9 Å². The summed E-state index contributed by atoms with van der Waals surface area (Å²) in [4.78, 5) is 14.5. The van der Waals surface area contributed by atoms with Crippen molar-refractivity contribution in [2.45, 2.75) is 52.0 Å². The summed E-state index contributed by atoms with van der Waals surface area (Å²) in [7, 11) is 0. The third-order valence-electron chi connectivity index (χ3n) is 4.44. The maximum Gasteiger partial charge on any atom is 0.224 e. The zero-order chi connectivity index (χ0) is 15.2. The zero-order valence-corrected chi connectivity index (χ0v) is 13.2. The monoisotopic (exact) mass is 289 g/mol. The van der Waals surface area contributed by atoms with Crippen molar-refractivity contribution >= 4 is 17.3 Å². The van der Waals surface area contributed by atoms with Gasteiger partial charge in [-0.3, -0.25) is 4.79 Å². The quantitative estimate of drug-likeness (QED) is 0.819. The van der Waals surface area contributed by atoms with Gasteiger partial charge in [-0.2, -0.15) is 0 Å². The summed E-state index contributed by atoms with van der Waals surface area (Å²) in [5.41, 5.74) is 8.33. The SMILES string of the molecule is Cc1c(N)cccc1NC(=O)CCCN1CCCCC1C. The first-order valence-corrected chi connectivity index (χ1v) is 7.97. The highest BCUT2D eigenvalue weighted by Crippen LogP contribution is 2.21. The minimum atomic E-state index is 0.0772. The number of rotatable bonds is 5. The second-order valence-corrected chi connectivity index (χ2v) is 6.05. The molecule has 0 radical (unpaired) electrons. The van der Waals surface area contributed by atoms with Crippen molar-refractivity contribution in [1.29, 1.82) is 0 Å². The fourth-order valence-corrected chi connectivity index (χ4v) is 2.93. The third-order valence-corrected chi connectivity index (χ3v) is 4.44. The average Bonchev–Trinajstić information content (AvgIpc) is 2.46. The van der Waals surface area contributed by atoms with Crippen LogP contribution in [-0.4, -0.2) is 29.9 Å². The lowest BCUT2D eigenvalue weighted by atomic mass is 10.0. The lowest BCUT2D eigenvalue weighted by Gasteiger charge is -2.33. The van der Waals surface area contributed by atoms with Crippen molar-refractivity contribution in [1.82, 2.24) is 4.90 Å². The summed E-state index contributed by atoms with van der Waals surface area (Å²) in [5.74, 6) is 0.0772. The Morgan fingerprint density at radius 2 is 2.24 bits per heavy atom. The van der Waals surface area contributed by atoms with Crippen molar-refractivity contribution in [3.8, 4) is 0 Å². The lowest BCUT2D eigenvalue weighted by molar-refractivity contribution is -0.116. The van der Waals surface area contributed by atoms with Crippen LogP contribution in [0.5, 0.6) is 0 Å². The summed E-state index contributed by atoms with van der Waals surface area (Å²) >= 11 is 0. The number of nitrogen functional groups attached to an aromatic ring is 1. The molecule has 1 fully saturated rings. The van der Waals surface area contributed by atoms with Crippen molar-refractivity contribution in [3.05, 3.63) is 23.8 Å². The molecule has 116 valence electrons. The van der Waals surface area contributed by atoms with Gasteiger partial charge in [-0.1, -0.05) is 12.5 Å². The van der Waals surface area contributed by atoms with Crippen molar-refractivity contribution in [3.63, 3.8) is 0 Å². The molecule has 0 aromatic heterocycles. The Bertz CT molecular complexity index is 487. The Labute approximate surface area is 127 Å². The molecule has 1 aliphatic rings. The first-order chi connectivity index (χ1) is 10.1. The van der Waals surface area contributed by atoms with Gasteiger partial charge in [0.15, 0.2) is 0 Å². The van der Waals surface area contributed by atoms with Crippen LogP contribution in [0.25, 0.3) is 0 Å². The van der Waals surface area contributed by atoms with Crippen LogP contribution >= 0.6 is 0 Å². The highest BCUT2D eigenvalue weighted by atomic mass is 16.1. The Hall–Kier alpha value is -1.55. The van der Waals surface area contributed by atoms with E-state index in [1.807, 2.05) is 25.1 Å². The van der Waals surface area contributed by atoms with Crippen LogP contribution < -0.4 is 11.1 Å². The topological polar surface area (TPSA) is 58.4 Å². The van der Waals surface area contributed by atoms with Gasteiger partial charge < -0.3 is 16.0 Å². The largest absolute Gasteiger partial charge is 0.398 e. The Kier molecular flexibility index (Phi) is 5.62. The van der Waals surface area contributed by atoms with Crippen LogP contribution in [0.3, 0.4) is 0 Å². The molecule has 2 rings (SSSR count). The molecule has 1 atom stereocenters. The Morgan fingerprint density at radius 1 is 1.43 bits per heavy atom. The molecule has 0 aliphatic carbocycles. The van der Waals surface area contributed by atoms with Crippen LogP contribution in [0, 0.1) is 6.92 Å². The number of likely N-dealkylation sites (tertiary alicyclic amines) is 1. The Morgan fingerprint density at radius 3 is 3.00 bits per heavy atom. The summed E-state index contributed by atoms with van der Waals surface area (Å²) in [5, 5.41) is 2.96. The van der Waals surface area contributed by atoms with Gasteiger partial charge in [0.2, 0.25) is 5.91 Å². The van der Waals surface area contributed by atoms with Crippen LogP contribution in [0.2, 0.25) is 0 Å². The minimum absolute atomic E-state index is 0.0772. The molecule has 0 bridgehead atoms. The second kappa shape index (κ2) is 7.46. The number of nitrogens with zero attached hydrogens (tertiary/aromatic N) is 1. The number of hydrogen-bond acceptors (Lipinski definition) is 3. The fourth-order valence-electron chi connectivity index (χ4n) is 2.93.